The van der Waals surface area contributed by atoms with Gasteiger partial charge in [-0.2, -0.15) is 0 Å². The van der Waals surface area contributed by atoms with Crippen LogP contribution in [-0.4, -0.2) is 12.6 Å². The average molecular weight is 98.1 g/mol. The van der Waals surface area contributed by atoms with Crippen molar-refractivity contribution in [1.82, 2.24) is 0 Å². The molecule has 0 radical (unpaired) electrons. The van der Waals surface area contributed by atoms with Gasteiger partial charge < -0.3 is 0 Å². The van der Waals surface area contributed by atoms with E-state index in [1.165, 1.54) is 0 Å². The Bertz CT molecular complexity index is 80.1. The summed E-state index contributed by atoms with van der Waals surface area (Å²) in [6, 6.07) is 1.97. The highest BCUT2D eigenvalue weighted by Gasteiger charge is 1.85. The first-order valence-electron chi connectivity index (χ1n) is 2.35. The van der Waals surface area contributed by atoms with Gasteiger partial charge in [0.05, 0.1) is 12.6 Å². The Kier molecular flexibility index (Phi) is 3.25. The molecule has 40 valence electrons. The van der Waals surface area contributed by atoms with Gasteiger partial charge in [-0.05, 0) is 5.92 Å². The largest absolute Gasteiger partial charge is 0.242 e. The zero-order chi connectivity index (χ0) is 5.70. The molecule has 0 aromatic heterocycles. The molecule has 0 unspecified atom stereocenters. The van der Waals surface area contributed by atoms with Gasteiger partial charge in [-0.1, -0.05) is 13.8 Å². The molecule has 0 saturated heterocycles. The summed E-state index contributed by atoms with van der Waals surface area (Å²) < 4.78 is 0. The third-order valence-electron chi connectivity index (χ3n) is 0.535. The maximum absolute atomic E-state index is 6.38. The Balaban J connectivity index is 3.13. The van der Waals surface area contributed by atoms with Crippen molar-refractivity contribution in [1.29, 1.82) is 5.41 Å². The second kappa shape index (κ2) is 3.57. The Labute approximate surface area is 43.8 Å². The average Bonchev–Trinajstić information content (AvgIpc) is 1.61. The normalized spacial score (nSPS) is 8.43. The quantitative estimate of drug-likeness (QED) is 0.507. The third kappa shape index (κ3) is 5.38. The standard InChI is InChI=1S/C5H10N2/c1-5(2)3-7-4-6/h5-6H,3H2,1-2H3. The molecule has 0 spiro atoms. The monoisotopic (exact) mass is 98.1 g/mol. The summed E-state index contributed by atoms with van der Waals surface area (Å²) in [5.74, 6) is 0.554. The van der Waals surface area contributed by atoms with E-state index in [9.17, 15) is 0 Å². The van der Waals surface area contributed by atoms with Gasteiger partial charge >= 0.3 is 0 Å². The van der Waals surface area contributed by atoms with Crippen molar-refractivity contribution in [3.8, 4) is 0 Å². The van der Waals surface area contributed by atoms with E-state index in [-0.39, 0.29) is 0 Å². The predicted octanol–water partition coefficient (Wildman–Crippen LogP) is 1.40. The molecule has 0 atom stereocenters. The summed E-state index contributed by atoms with van der Waals surface area (Å²) in [5, 5.41) is 6.38. The van der Waals surface area contributed by atoms with Crippen molar-refractivity contribution in [2.45, 2.75) is 13.8 Å². The van der Waals surface area contributed by atoms with Gasteiger partial charge in [-0.15, -0.1) is 0 Å². The van der Waals surface area contributed by atoms with Crippen LogP contribution >= 0.6 is 0 Å². The fraction of sp³-hybridized carbons (Fsp3) is 0.800. The van der Waals surface area contributed by atoms with Crippen LogP contribution in [0.3, 0.4) is 0 Å². The van der Waals surface area contributed by atoms with Crippen LogP contribution in [-0.2, 0) is 0 Å². The maximum Gasteiger partial charge on any atom is 0.0862 e. The van der Waals surface area contributed by atoms with Gasteiger partial charge in [0.1, 0.15) is 0 Å². The van der Waals surface area contributed by atoms with Crippen LogP contribution < -0.4 is 0 Å². The van der Waals surface area contributed by atoms with Gasteiger partial charge in [0.25, 0.3) is 0 Å². The molecule has 0 rings (SSSR count). The maximum atomic E-state index is 6.38. The predicted molar refractivity (Wildman–Crippen MR) is 29.9 cm³/mol. The number of hydrogen-bond donors (Lipinski definition) is 1. The van der Waals surface area contributed by atoms with Crippen LogP contribution in [0.2, 0.25) is 0 Å². The Morgan fingerprint density at radius 2 is 2.29 bits per heavy atom. The zero-order valence-electron chi connectivity index (χ0n) is 4.73. The van der Waals surface area contributed by atoms with Gasteiger partial charge in [0.2, 0.25) is 0 Å². The van der Waals surface area contributed by atoms with E-state index in [0.717, 1.165) is 6.54 Å². The van der Waals surface area contributed by atoms with Crippen LogP contribution in [0.25, 0.3) is 0 Å². The Morgan fingerprint density at radius 3 is 2.43 bits per heavy atom. The first kappa shape index (κ1) is 6.38. The van der Waals surface area contributed by atoms with Gasteiger partial charge in [0.15, 0.2) is 0 Å². The highest BCUT2D eigenvalue weighted by atomic mass is 14.7. The number of nitrogens with zero attached hydrogens (tertiary/aromatic N) is 1. The molecule has 7 heavy (non-hydrogen) atoms. The minimum atomic E-state index is 0.554. The molecular formula is C5H10N2. The molecular weight excluding hydrogens is 88.1 g/mol. The summed E-state index contributed by atoms with van der Waals surface area (Å²) in [7, 11) is 0. The highest BCUT2D eigenvalue weighted by Crippen LogP contribution is 1.88. The first-order chi connectivity index (χ1) is 3.27. The van der Waals surface area contributed by atoms with Crippen LogP contribution in [0.4, 0.5) is 0 Å². The molecule has 0 heterocycles. The van der Waals surface area contributed by atoms with Crippen molar-refractivity contribution in [2.75, 3.05) is 6.54 Å². The minimum absolute atomic E-state index is 0.554. The lowest BCUT2D eigenvalue weighted by Crippen LogP contribution is -1.89. The van der Waals surface area contributed by atoms with Crippen LogP contribution in [0.1, 0.15) is 13.8 Å². The first-order valence-corrected chi connectivity index (χ1v) is 2.35. The molecule has 0 amide bonds. The summed E-state index contributed by atoms with van der Waals surface area (Å²) >= 11 is 0. The lowest BCUT2D eigenvalue weighted by atomic mass is 10.2. The Morgan fingerprint density at radius 1 is 1.71 bits per heavy atom. The van der Waals surface area contributed by atoms with E-state index in [0.29, 0.717) is 5.92 Å². The van der Waals surface area contributed by atoms with Gasteiger partial charge in [-0.25, -0.2) is 10.4 Å². The molecule has 0 aromatic carbocycles. The minimum Gasteiger partial charge on any atom is -0.242 e. The van der Waals surface area contributed by atoms with Crippen molar-refractivity contribution < 1.29 is 0 Å². The summed E-state index contributed by atoms with van der Waals surface area (Å²) in [6.45, 7) is 4.84. The van der Waals surface area contributed by atoms with E-state index in [1.54, 1.807) is 0 Å². The summed E-state index contributed by atoms with van der Waals surface area (Å²) in [6.07, 6.45) is 0. The number of rotatable bonds is 2. The highest BCUT2D eigenvalue weighted by molar-refractivity contribution is 5.35. The molecule has 0 bridgehead atoms. The second-order valence-electron chi connectivity index (χ2n) is 1.85. The molecule has 0 aliphatic rings. The molecule has 0 aliphatic carbocycles. The summed E-state index contributed by atoms with van der Waals surface area (Å²) in [5.41, 5.74) is 0. The number of aliphatic imine (C=N–C) groups is 1. The van der Waals surface area contributed by atoms with E-state index < -0.39 is 0 Å². The molecule has 2 heteroatoms. The van der Waals surface area contributed by atoms with Gasteiger partial charge in [0, 0.05) is 0 Å². The number of nitrogens with one attached hydrogen (secondary N) is 1. The smallest absolute Gasteiger partial charge is 0.0862 e. The Hall–Kier alpha value is -0.620. The molecule has 1 N–H and O–H groups in total. The van der Waals surface area contributed by atoms with E-state index >= 15 is 0 Å². The lowest BCUT2D eigenvalue weighted by Gasteiger charge is -1.91. The van der Waals surface area contributed by atoms with Crippen molar-refractivity contribution >= 4 is 6.01 Å². The molecule has 0 saturated carbocycles. The van der Waals surface area contributed by atoms with E-state index in [4.69, 9.17) is 5.41 Å². The van der Waals surface area contributed by atoms with Crippen molar-refractivity contribution in [2.24, 2.45) is 10.9 Å². The lowest BCUT2D eigenvalue weighted by molar-refractivity contribution is 0.667. The van der Waals surface area contributed by atoms with Crippen LogP contribution in [0.5, 0.6) is 0 Å². The zero-order valence-corrected chi connectivity index (χ0v) is 4.73. The second-order valence-corrected chi connectivity index (χ2v) is 1.85. The molecule has 0 aromatic rings. The topological polar surface area (TPSA) is 36.2 Å². The molecule has 0 aliphatic heterocycles. The third-order valence-corrected chi connectivity index (χ3v) is 0.535. The summed E-state index contributed by atoms with van der Waals surface area (Å²) in [4.78, 5) is 3.59. The number of hydrogen-bond acceptors (Lipinski definition) is 2. The molecule has 2 nitrogen and oxygen atoms in total. The van der Waals surface area contributed by atoms with Crippen LogP contribution in [0.15, 0.2) is 4.99 Å². The SMILES string of the molecule is CC(C)CN=C=N. The van der Waals surface area contributed by atoms with E-state index in [1.807, 2.05) is 6.01 Å². The van der Waals surface area contributed by atoms with Crippen molar-refractivity contribution in [3.05, 3.63) is 0 Å². The van der Waals surface area contributed by atoms with Gasteiger partial charge in [-0.3, -0.25) is 0 Å². The van der Waals surface area contributed by atoms with Crippen molar-refractivity contribution in [3.63, 3.8) is 0 Å². The van der Waals surface area contributed by atoms with E-state index in [2.05, 4.69) is 18.8 Å². The fourth-order valence-electron chi connectivity index (χ4n) is 0.228. The fourth-order valence-corrected chi connectivity index (χ4v) is 0.228. The molecule has 0 fully saturated rings. The van der Waals surface area contributed by atoms with Crippen LogP contribution in [0, 0.1) is 11.3 Å².